The van der Waals surface area contributed by atoms with Crippen LogP contribution in [0.1, 0.15) is 10.4 Å². The van der Waals surface area contributed by atoms with E-state index in [-0.39, 0.29) is 5.56 Å². The second kappa shape index (κ2) is 6.79. The van der Waals surface area contributed by atoms with Gasteiger partial charge in [0.1, 0.15) is 5.82 Å². The van der Waals surface area contributed by atoms with Crippen LogP contribution in [0.5, 0.6) is 0 Å². The van der Waals surface area contributed by atoms with Crippen LogP contribution in [-0.2, 0) is 0 Å². The van der Waals surface area contributed by atoms with Gasteiger partial charge < -0.3 is 15.1 Å². The summed E-state index contributed by atoms with van der Waals surface area (Å²) in [5.74, 6) is -0.930. The lowest BCUT2D eigenvalue weighted by atomic mass is 10.1. The van der Waals surface area contributed by atoms with Crippen molar-refractivity contribution in [1.29, 1.82) is 0 Å². The average Bonchev–Trinajstić information content (AvgIpc) is 2.56. The first-order valence-electron chi connectivity index (χ1n) is 7.86. The summed E-state index contributed by atoms with van der Waals surface area (Å²) in [5, 5.41) is 2.85. The van der Waals surface area contributed by atoms with Gasteiger partial charge in [-0.2, -0.15) is 0 Å². The van der Waals surface area contributed by atoms with Gasteiger partial charge in [0.15, 0.2) is 0 Å². The van der Waals surface area contributed by atoms with Gasteiger partial charge in [-0.3, -0.25) is 4.79 Å². The zero-order chi connectivity index (χ0) is 16.2. The molecular weight excluding hydrogens is 293 g/mol. The molecule has 4 nitrogen and oxygen atoms in total. The van der Waals surface area contributed by atoms with Gasteiger partial charge in [0.2, 0.25) is 0 Å². The van der Waals surface area contributed by atoms with Crippen LogP contribution in [0.3, 0.4) is 0 Å². The monoisotopic (exact) mass is 314 g/mol. The minimum Gasteiger partial charge on any atom is -0.359 e. The van der Waals surface area contributed by atoms with E-state index in [1.165, 1.54) is 17.0 Å². The molecule has 1 aliphatic heterocycles. The Bertz CT molecular complexity index is 696. The van der Waals surface area contributed by atoms with Crippen LogP contribution in [0.4, 0.5) is 15.8 Å². The van der Waals surface area contributed by atoms with Crippen molar-refractivity contribution in [3.05, 3.63) is 59.9 Å². The molecule has 2 N–H and O–H groups in total. The van der Waals surface area contributed by atoms with Gasteiger partial charge in [0.25, 0.3) is 5.91 Å². The molecule has 0 saturated carbocycles. The van der Waals surface area contributed by atoms with Crippen molar-refractivity contribution in [2.45, 2.75) is 0 Å². The first-order valence-corrected chi connectivity index (χ1v) is 7.86. The predicted molar refractivity (Wildman–Crippen MR) is 89.6 cm³/mol. The van der Waals surface area contributed by atoms with Crippen LogP contribution >= 0.6 is 0 Å². The molecule has 5 heteroatoms. The van der Waals surface area contributed by atoms with E-state index in [0.717, 1.165) is 37.6 Å². The van der Waals surface area contributed by atoms with Crippen LogP contribution in [-0.4, -0.2) is 39.1 Å². The Labute approximate surface area is 135 Å². The maximum absolute atomic E-state index is 13.8. The molecule has 0 aliphatic carbocycles. The molecule has 3 rings (SSSR count). The van der Waals surface area contributed by atoms with Gasteiger partial charge in [-0.05, 0) is 24.3 Å². The third-order valence-electron chi connectivity index (χ3n) is 4.23. The number of nitrogens with one attached hydrogen (secondary N) is 2. The third-order valence-corrected chi connectivity index (χ3v) is 4.23. The molecule has 0 unspecified atom stereocenters. The average molecular weight is 314 g/mol. The fourth-order valence-electron chi connectivity index (χ4n) is 2.82. The van der Waals surface area contributed by atoms with Crippen LogP contribution in [0, 0.1) is 5.82 Å². The highest BCUT2D eigenvalue weighted by Gasteiger charge is 2.20. The second-order valence-electron chi connectivity index (χ2n) is 5.90. The van der Waals surface area contributed by atoms with Crippen LogP contribution in [0.2, 0.25) is 0 Å². The SMILES string of the molecule is C[NH+]1CCN(c2ccccc2NC(=O)c2ccccc2F)CC1. The first-order chi connectivity index (χ1) is 11.1. The number of halogens is 1. The molecule has 0 aromatic heterocycles. The van der Waals surface area contributed by atoms with Gasteiger partial charge >= 0.3 is 0 Å². The highest BCUT2D eigenvalue weighted by atomic mass is 19.1. The van der Waals surface area contributed by atoms with Crippen molar-refractivity contribution in [2.75, 3.05) is 43.4 Å². The number of piperazine rings is 1. The lowest BCUT2D eigenvalue weighted by Gasteiger charge is -2.33. The summed E-state index contributed by atoms with van der Waals surface area (Å²) in [7, 11) is 2.18. The number of hydrogen-bond acceptors (Lipinski definition) is 2. The Morgan fingerprint density at radius 1 is 1.09 bits per heavy atom. The second-order valence-corrected chi connectivity index (χ2v) is 5.90. The van der Waals surface area contributed by atoms with E-state index in [1.54, 1.807) is 12.1 Å². The Morgan fingerprint density at radius 3 is 2.48 bits per heavy atom. The summed E-state index contributed by atoms with van der Waals surface area (Å²) in [6.45, 7) is 4.02. The molecule has 0 spiro atoms. The molecule has 1 amide bonds. The molecule has 1 fully saturated rings. The van der Waals surface area contributed by atoms with Crippen LogP contribution < -0.4 is 15.1 Å². The van der Waals surface area contributed by atoms with E-state index in [4.69, 9.17) is 0 Å². The summed E-state index contributed by atoms with van der Waals surface area (Å²) < 4.78 is 13.8. The molecule has 0 atom stereocenters. The van der Waals surface area contributed by atoms with E-state index >= 15 is 0 Å². The summed E-state index contributed by atoms with van der Waals surface area (Å²) in [6, 6.07) is 13.7. The van der Waals surface area contributed by atoms with Crippen molar-refractivity contribution < 1.29 is 14.1 Å². The smallest absolute Gasteiger partial charge is 0.258 e. The number of para-hydroxylation sites is 2. The van der Waals surface area contributed by atoms with Crippen molar-refractivity contribution >= 4 is 17.3 Å². The quantitative estimate of drug-likeness (QED) is 0.899. The number of carbonyl (C=O) groups excluding carboxylic acids is 1. The molecular formula is C18H21FN3O+. The highest BCUT2D eigenvalue weighted by molar-refractivity contribution is 6.06. The molecule has 0 radical (unpaired) electrons. The summed E-state index contributed by atoms with van der Waals surface area (Å²) >= 11 is 0. The van der Waals surface area contributed by atoms with Crippen molar-refractivity contribution in [3.8, 4) is 0 Å². The molecule has 1 heterocycles. The third kappa shape index (κ3) is 3.51. The van der Waals surface area contributed by atoms with Gasteiger partial charge in [0, 0.05) is 0 Å². The van der Waals surface area contributed by atoms with Gasteiger partial charge in [-0.25, -0.2) is 4.39 Å². The Balaban J connectivity index is 1.81. The lowest BCUT2D eigenvalue weighted by molar-refractivity contribution is -0.880. The fraction of sp³-hybridized carbons (Fsp3) is 0.278. The standard InChI is InChI=1S/C18H20FN3O/c1-21-10-12-22(13-11-21)17-9-5-4-8-16(17)20-18(23)14-6-2-3-7-15(14)19/h2-9H,10-13H2,1H3,(H,20,23)/p+1. The Kier molecular flexibility index (Phi) is 4.57. The molecule has 1 aliphatic rings. The molecule has 0 bridgehead atoms. The number of nitrogens with zero attached hydrogens (tertiary/aromatic N) is 1. The van der Waals surface area contributed by atoms with Crippen molar-refractivity contribution in [1.82, 2.24) is 0 Å². The Hall–Kier alpha value is -2.40. The summed E-state index contributed by atoms with van der Waals surface area (Å²) in [5.41, 5.74) is 1.77. The van der Waals surface area contributed by atoms with E-state index in [9.17, 15) is 9.18 Å². The molecule has 2 aromatic rings. The lowest BCUT2D eigenvalue weighted by Crippen LogP contribution is -3.12. The maximum Gasteiger partial charge on any atom is 0.258 e. The number of quaternary nitrogens is 1. The van der Waals surface area contributed by atoms with Crippen molar-refractivity contribution in [3.63, 3.8) is 0 Å². The molecule has 120 valence electrons. The normalized spacial score (nSPS) is 15.5. The number of rotatable bonds is 3. The summed E-state index contributed by atoms with van der Waals surface area (Å²) in [4.78, 5) is 16.1. The van der Waals surface area contributed by atoms with Crippen LogP contribution in [0.15, 0.2) is 48.5 Å². The van der Waals surface area contributed by atoms with Gasteiger partial charge in [-0.15, -0.1) is 0 Å². The fourth-order valence-corrected chi connectivity index (χ4v) is 2.82. The highest BCUT2D eigenvalue weighted by Crippen LogP contribution is 2.26. The minimum absolute atomic E-state index is 0.0603. The van der Waals surface area contributed by atoms with Gasteiger partial charge in [-0.1, -0.05) is 24.3 Å². The topological polar surface area (TPSA) is 36.8 Å². The number of anilines is 2. The van der Waals surface area contributed by atoms with E-state index in [2.05, 4.69) is 17.3 Å². The Morgan fingerprint density at radius 2 is 1.74 bits per heavy atom. The largest absolute Gasteiger partial charge is 0.359 e. The number of amides is 1. The molecule has 1 saturated heterocycles. The first kappa shape index (κ1) is 15.5. The number of benzene rings is 2. The molecule has 2 aromatic carbocycles. The van der Waals surface area contributed by atoms with E-state index < -0.39 is 11.7 Å². The maximum atomic E-state index is 13.8. The number of hydrogen-bond donors (Lipinski definition) is 2. The number of carbonyl (C=O) groups is 1. The van der Waals surface area contributed by atoms with E-state index in [0.29, 0.717) is 0 Å². The predicted octanol–water partition coefficient (Wildman–Crippen LogP) is 1.41. The van der Waals surface area contributed by atoms with E-state index in [1.807, 2.05) is 24.3 Å². The zero-order valence-electron chi connectivity index (χ0n) is 13.2. The summed E-state index contributed by atoms with van der Waals surface area (Å²) in [6.07, 6.45) is 0. The number of likely N-dealkylation sites (N-methyl/N-ethyl adjacent to an activating group) is 1. The molecule has 23 heavy (non-hydrogen) atoms. The van der Waals surface area contributed by atoms with Gasteiger partial charge in [0.05, 0.1) is 50.2 Å². The zero-order valence-corrected chi connectivity index (χ0v) is 13.2. The van der Waals surface area contributed by atoms with Crippen LogP contribution in [0.25, 0.3) is 0 Å². The van der Waals surface area contributed by atoms with Crippen molar-refractivity contribution in [2.24, 2.45) is 0 Å². The minimum atomic E-state index is -0.509.